The Labute approximate surface area is 142 Å². The molecule has 3 N–H and O–H groups in total. The van der Waals surface area contributed by atoms with Crippen LogP contribution in [0.15, 0.2) is 11.2 Å². The lowest BCUT2D eigenvalue weighted by molar-refractivity contribution is -0.121. The van der Waals surface area contributed by atoms with Gasteiger partial charge in [0.05, 0.1) is 6.20 Å². The average Bonchev–Trinajstić information content (AvgIpc) is 3.16. The zero-order chi connectivity index (χ0) is 17.2. The van der Waals surface area contributed by atoms with Gasteiger partial charge in [-0.15, -0.1) is 0 Å². The number of sulfonamides is 1. The summed E-state index contributed by atoms with van der Waals surface area (Å²) in [7, 11) is -3.60. The fourth-order valence-electron chi connectivity index (χ4n) is 3.50. The maximum absolute atomic E-state index is 13.1. The van der Waals surface area contributed by atoms with Crippen molar-refractivity contribution in [2.24, 2.45) is 5.73 Å². The largest absolute Gasteiger partial charge is 0.354 e. The molecule has 2 aliphatic heterocycles. The van der Waals surface area contributed by atoms with Crippen LogP contribution in [0.1, 0.15) is 37.9 Å². The standard InChI is InChI=1S/C15H25N5O3S/c16-7-6-14(21)18-10-12-4-1-2-9-20(12)24(22,23)15-11-17-13-5-3-8-19(13)15/h11-12H,1-10,16H2,(H,18,21). The van der Waals surface area contributed by atoms with Crippen LogP contribution >= 0.6 is 0 Å². The molecule has 0 aromatic carbocycles. The van der Waals surface area contributed by atoms with Crippen molar-refractivity contribution in [3.63, 3.8) is 0 Å². The number of amides is 1. The number of carbonyl (C=O) groups excluding carboxylic acids is 1. The lowest BCUT2D eigenvalue weighted by atomic mass is 10.1. The highest BCUT2D eigenvalue weighted by Crippen LogP contribution is 2.27. The van der Waals surface area contributed by atoms with E-state index in [1.165, 1.54) is 6.20 Å². The third-order valence-corrected chi connectivity index (χ3v) is 6.69. The third-order valence-electron chi connectivity index (χ3n) is 4.74. The first-order valence-electron chi connectivity index (χ1n) is 8.57. The number of hydrogen-bond acceptors (Lipinski definition) is 5. The Hall–Kier alpha value is -1.45. The summed E-state index contributed by atoms with van der Waals surface area (Å²) in [4.78, 5) is 15.9. The summed E-state index contributed by atoms with van der Waals surface area (Å²) in [5, 5.41) is 3.09. The molecule has 0 spiro atoms. The quantitative estimate of drug-likeness (QED) is 0.736. The van der Waals surface area contributed by atoms with Crippen LogP contribution in [0.2, 0.25) is 0 Å². The van der Waals surface area contributed by atoms with Crippen LogP contribution in [0.3, 0.4) is 0 Å². The summed E-state index contributed by atoms with van der Waals surface area (Å²) >= 11 is 0. The first kappa shape index (κ1) is 17.4. The fraction of sp³-hybridized carbons (Fsp3) is 0.733. The Kier molecular flexibility index (Phi) is 5.21. The van der Waals surface area contributed by atoms with Gasteiger partial charge in [-0.2, -0.15) is 4.31 Å². The van der Waals surface area contributed by atoms with Gasteiger partial charge in [-0.05, 0) is 19.3 Å². The van der Waals surface area contributed by atoms with Gasteiger partial charge in [-0.3, -0.25) is 4.79 Å². The van der Waals surface area contributed by atoms with Crippen LogP contribution in [-0.2, 0) is 27.8 Å². The summed E-state index contributed by atoms with van der Waals surface area (Å²) in [5.74, 6) is 0.712. The summed E-state index contributed by atoms with van der Waals surface area (Å²) in [5.41, 5.74) is 5.37. The van der Waals surface area contributed by atoms with E-state index in [9.17, 15) is 13.2 Å². The number of nitrogens with two attached hydrogens (primary N) is 1. The maximum Gasteiger partial charge on any atom is 0.260 e. The summed E-state index contributed by atoms with van der Waals surface area (Å²) < 4.78 is 29.6. The number of rotatable bonds is 6. The van der Waals surface area contributed by atoms with Gasteiger partial charge in [0.1, 0.15) is 5.82 Å². The van der Waals surface area contributed by atoms with E-state index in [0.717, 1.165) is 37.9 Å². The average molecular weight is 355 g/mol. The van der Waals surface area contributed by atoms with E-state index in [1.54, 1.807) is 4.31 Å². The molecule has 3 rings (SSSR count). The van der Waals surface area contributed by atoms with Crippen LogP contribution in [0.4, 0.5) is 0 Å². The molecule has 1 aromatic rings. The van der Waals surface area contributed by atoms with Crippen molar-refractivity contribution in [2.75, 3.05) is 19.6 Å². The highest BCUT2D eigenvalue weighted by Gasteiger charge is 2.36. The lowest BCUT2D eigenvalue weighted by Gasteiger charge is -2.34. The van der Waals surface area contributed by atoms with Crippen molar-refractivity contribution in [2.45, 2.75) is 56.1 Å². The van der Waals surface area contributed by atoms with E-state index in [4.69, 9.17) is 5.73 Å². The molecule has 134 valence electrons. The van der Waals surface area contributed by atoms with Crippen LogP contribution in [0.25, 0.3) is 0 Å². The second kappa shape index (κ2) is 7.20. The maximum atomic E-state index is 13.1. The van der Waals surface area contributed by atoms with Gasteiger partial charge < -0.3 is 15.6 Å². The number of carbonyl (C=O) groups is 1. The van der Waals surface area contributed by atoms with Crippen molar-refractivity contribution in [3.8, 4) is 0 Å². The second-order valence-electron chi connectivity index (χ2n) is 6.38. The Balaban J connectivity index is 1.77. The molecule has 3 heterocycles. The molecule has 8 nitrogen and oxygen atoms in total. The molecule has 24 heavy (non-hydrogen) atoms. The zero-order valence-corrected chi connectivity index (χ0v) is 14.6. The molecule has 9 heteroatoms. The van der Waals surface area contributed by atoms with Crippen molar-refractivity contribution in [3.05, 3.63) is 12.0 Å². The minimum Gasteiger partial charge on any atom is -0.354 e. The number of piperidine rings is 1. The van der Waals surface area contributed by atoms with E-state index in [2.05, 4.69) is 10.3 Å². The second-order valence-corrected chi connectivity index (χ2v) is 8.21. The molecular formula is C15H25N5O3S. The Morgan fingerprint density at radius 2 is 2.17 bits per heavy atom. The van der Waals surface area contributed by atoms with Crippen LogP contribution in [0.5, 0.6) is 0 Å². The molecular weight excluding hydrogens is 330 g/mol. The van der Waals surface area contributed by atoms with Crippen LogP contribution in [0, 0.1) is 0 Å². The summed E-state index contributed by atoms with van der Waals surface area (Å²) in [6.07, 6.45) is 6.06. The molecule has 1 atom stereocenters. The zero-order valence-electron chi connectivity index (χ0n) is 13.8. The molecule has 1 amide bonds. The molecule has 1 aromatic heterocycles. The highest BCUT2D eigenvalue weighted by atomic mass is 32.2. The van der Waals surface area contributed by atoms with Crippen LogP contribution in [-0.4, -0.2) is 53.9 Å². The molecule has 0 radical (unpaired) electrons. The number of imidazole rings is 1. The van der Waals surface area contributed by atoms with Gasteiger partial charge >= 0.3 is 0 Å². The van der Waals surface area contributed by atoms with E-state index >= 15 is 0 Å². The van der Waals surface area contributed by atoms with Crippen LogP contribution < -0.4 is 11.1 Å². The molecule has 0 saturated carbocycles. The van der Waals surface area contributed by atoms with Gasteiger partial charge in [0, 0.05) is 45.1 Å². The number of fused-ring (bicyclic) bond motifs is 1. The number of nitrogens with zero attached hydrogens (tertiary/aromatic N) is 3. The number of aryl methyl sites for hydroxylation is 1. The summed E-state index contributed by atoms with van der Waals surface area (Å²) in [6.45, 7) is 1.81. The molecule has 0 aliphatic carbocycles. The first-order valence-corrected chi connectivity index (χ1v) is 10.0. The predicted molar refractivity (Wildman–Crippen MR) is 88.8 cm³/mol. The third kappa shape index (κ3) is 3.33. The van der Waals surface area contributed by atoms with Gasteiger partial charge in [0.15, 0.2) is 5.03 Å². The van der Waals surface area contributed by atoms with E-state index in [-0.39, 0.29) is 23.4 Å². The Bertz CT molecular complexity index is 700. The van der Waals surface area contributed by atoms with E-state index in [1.807, 2.05) is 4.57 Å². The van der Waals surface area contributed by atoms with E-state index in [0.29, 0.717) is 26.2 Å². The number of nitrogens with one attached hydrogen (secondary N) is 1. The molecule has 0 bridgehead atoms. The molecule has 1 unspecified atom stereocenters. The highest BCUT2D eigenvalue weighted by molar-refractivity contribution is 7.89. The number of hydrogen-bond donors (Lipinski definition) is 2. The Morgan fingerprint density at radius 3 is 2.96 bits per heavy atom. The SMILES string of the molecule is NCCC(=O)NCC1CCCCN1S(=O)(=O)c1cnc2n1CCC2. The Morgan fingerprint density at radius 1 is 1.33 bits per heavy atom. The smallest absolute Gasteiger partial charge is 0.260 e. The van der Waals surface area contributed by atoms with Crippen molar-refractivity contribution >= 4 is 15.9 Å². The normalized spacial score (nSPS) is 21.6. The van der Waals surface area contributed by atoms with Gasteiger partial charge in [0.2, 0.25) is 5.91 Å². The van der Waals surface area contributed by atoms with Crippen molar-refractivity contribution in [1.82, 2.24) is 19.2 Å². The van der Waals surface area contributed by atoms with Crippen molar-refractivity contribution in [1.29, 1.82) is 0 Å². The molecule has 1 fully saturated rings. The monoisotopic (exact) mass is 355 g/mol. The minimum absolute atomic E-state index is 0.134. The van der Waals surface area contributed by atoms with Gasteiger partial charge in [0.25, 0.3) is 10.0 Å². The molecule has 2 aliphatic rings. The number of aromatic nitrogens is 2. The topological polar surface area (TPSA) is 110 Å². The van der Waals surface area contributed by atoms with Gasteiger partial charge in [-0.1, -0.05) is 6.42 Å². The fourth-order valence-corrected chi connectivity index (χ4v) is 5.35. The van der Waals surface area contributed by atoms with Crippen molar-refractivity contribution < 1.29 is 13.2 Å². The predicted octanol–water partition coefficient (Wildman–Crippen LogP) is -0.162. The first-order chi connectivity index (χ1) is 11.5. The van der Waals surface area contributed by atoms with Gasteiger partial charge in [-0.25, -0.2) is 13.4 Å². The minimum atomic E-state index is -3.60. The molecule has 1 saturated heterocycles. The summed E-state index contributed by atoms with van der Waals surface area (Å²) in [6, 6.07) is -0.210. The van der Waals surface area contributed by atoms with E-state index < -0.39 is 10.0 Å². The lowest BCUT2D eigenvalue weighted by Crippen LogP contribution is -2.49.